The Morgan fingerprint density at radius 3 is 2.39 bits per heavy atom. The number of rotatable bonds is 5. The third-order valence-corrected chi connectivity index (χ3v) is 8.55. The molecule has 1 unspecified atom stereocenters. The minimum atomic E-state index is -1.62. The highest BCUT2D eigenvalue weighted by Crippen LogP contribution is 2.54. The third-order valence-electron chi connectivity index (χ3n) is 5.70. The molecule has 2 aliphatic carbocycles. The van der Waals surface area contributed by atoms with Crippen LogP contribution in [0.25, 0.3) is 0 Å². The van der Waals surface area contributed by atoms with Gasteiger partial charge in [-0.25, -0.2) is 0 Å². The molecular weight excluding hydrogens is 394 g/mol. The number of allylic oxidation sites excluding steroid dienone is 2. The smallest absolute Gasteiger partial charge is 0.245 e. The van der Waals surface area contributed by atoms with Gasteiger partial charge in [-0.1, -0.05) is 29.8 Å². The van der Waals surface area contributed by atoms with Crippen LogP contribution in [0.15, 0.2) is 65.6 Å². The second-order valence-corrected chi connectivity index (χ2v) is 9.50. The van der Waals surface area contributed by atoms with Crippen molar-refractivity contribution in [2.45, 2.75) is 28.4 Å². The fraction of sp³-hybridized carbons (Fsp3) is 0.318. The van der Waals surface area contributed by atoms with Crippen LogP contribution in [0.2, 0.25) is 0 Å². The van der Waals surface area contributed by atoms with Crippen molar-refractivity contribution in [2.24, 2.45) is 11.8 Å². The van der Waals surface area contributed by atoms with Gasteiger partial charge in [0.25, 0.3) is 0 Å². The van der Waals surface area contributed by atoms with Crippen LogP contribution in [-0.2, 0) is 15.6 Å². The van der Waals surface area contributed by atoms with Crippen LogP contribution in [0, 0.1) is 18.8 Å². The molecule has 2 aromatic carbocycles. The predicted molar refractivity (Wildman–Crippen MR) is 112 cm³/mol. The highest BCUT2D eigenvalue weighted by atomic mass is 35.5. The first kappa shape index (κ1) is 19.2. The number of carbonyl (C=O) groups is 1. The van der Waals surface area contributed by atoms with E-state index in [0.29, 0.717) is 16.3 Å². The normalized spacial score (nSPS) is 28.9. The van der Waals surface area contributed by atoms with Gasteiger partial charge in [0.1, 0.15) is 5.75 Å². The minimum absolute atomic E-state index is 0.0534. The van der Waals surface area contributed by atoms with Gasteiger partial charge in [0, 0.05) is 16.5 Å². The first-order valence-corrected chi connectivity index (χ1v) is 10.8. The maximum atomic E-state index is 13.7. The van der Waals surface area contributed by atoms with Crippen LogP contribution in [0.1, 0.15) is 12.0 Å². The summed E-state index contributed by atoms with van der Waals surface area (Å²) in [6.07, 6.45) is 4.79. The third kappa shape index (κ3) is 2.97. The van der Waals surface area contributed by atoms with Gasteiger partial charge >= 0.3 is 0 Å². The topological polar surface area (TPSA) is 55.4 Å². The number of carbonyl (C=O) groups excluding carboxylic acids is 1. The Labute approximate surface area is 172 Å². The largest absolute Gasteiger partial charge is 0.497 e. The van der Waals surface area contributed by atoms with E-state index < -0.39 is 20.9 Å². The number of anilines is 1. The Bertz CT molecular complexity index is 941. The zero-order valence-electron chi connectivity index (χ0n) is 15.7. The van der Waals surface area contributed by atoms with Gasteiger partial charge < -0.3 is 10.1 Å². The standard InChI is InChI=1S/C22H22ClNO3S/c1-14-3-7-17(8-4-14)24-21(25)22(16-6-5-15(13-16)20(22)23)28(26)19-11-9-18(27-2)10-12-19/h3-12,15-16,20H,13H2,1-2H3,(H,24,25)/t15-,16+,20+,22-,28?/m0/s1. The maximum Gasteiger partial charge on any atom is 0.245 e. The number of methoxy groups -OCH3 is 1. The van der Waals surface area contributed by atoms with E-state index >= 15 is 0 Å². The average molecular weight is 416 g/mol. The highest BCUT2D eigenvalue weighted by molar-refractivity contribution is 7.87. The van der Waals surface area contributed by atoms with Crippen molar-refractivity contribution in [3.05, 3.63) is 66.2 Å². The fourth-order valence-electron chi connectivity index (χ4n) is 4.16. The monoisotopic (exact) mass is 415 g/mol. The van der Waals surface area contributed by atoms with Crippen molar-refractivity contribution in [1.29, 1.82) is 0 Å². The number of halogens is 1. The zero-order chi connectivity index (χ0) is 19.9. The zero-order valence-corrected chi connectivity index (χ0v) is 17.3. The van der Waals surface area contributed by atoms with E-state index in [4.69, 9.17) is 16.3 Å². The molecule has 4 nitrogen and oxygen atoms in total. The highest BCUT2D eigenvalue weighted by Gasteiger charge is 2.64. The average Bonchev–Trinajstić information content (AvgIpc) is 3.30. The second kappa shape index (κ2) is 7.37. The van der Waals surface area contributed by atoms with Crippen molar-refractivity contribution >= 4 is 34.0 Å². The molecule has 0 radical (unpaired) electrons. The molecule has 1 amide bonds. The lowest BCUT2D eigenvalue weighted by Crippen LogP contribution is -2.56. The number of hydrogen-bond donors (Lipinski definition) is 1. The SMILES string of the molecule is COc1ccc(S(=O)[C@@]2(C(=O)Nc3ccc(C)cc3)[C@@H]3C=C[C@@H](C3)[C@H]2Cl)cc1. The summed E-state index contributed by atoms with van der Waals surface area (Å²) in [6, 6.07) is 14.6. The van der Waals surface area contributed by atoms with E-state index in [0.717, 1.165) is 12.0 Å². The fourth-order valence-corrected chi connectivity index (χ4v) is 6.67. The van der Waals surface area contributed by atoms with Gasteiger partial charge in [-0.15, -0.1) is 11.6 Å². The number of benzene rings is 2. The maximum absolute atomic E-state index is 13.7. The van der Waals surface area contributed by atoms with Crippen molar-refractivity contribution < 1.29 is 13.7 Å². The summed E-state index contributed by atoms with van der Waals surface area (Å²) in [7, 11) is -0.0348. The summed E-state index contributed by atoms with van der Waals surface area (Å²) >= 11 is 6.79. The number of nitrogens with one attached hydrogen (secondary N) is 1. The minimum Gasteiger partial charge on any atom is -0.497 e. The van der Waals surface area contributed by atoms with E-state index in [1.165, 1.54) is 0 Å². The molecule has 1 N–H and O–H groups in total. The van der Waals surface area contributed by atoms with E-state index in [-0.39, 0.29) is 17.7 Å². The van der Waals surface area contributed by atoms with E-state index in [9.17, 15) is 9.00 Å². The number of alkyl halides is 1. The Morgan fingerprint density at radius 1 is 1.14 bits per heavy atom. The van der Waals surface area contributed by atoms with Crippen molar-refractivity contribution in [3.63, 3.8) is 0 Å². The quantitative estimate of drug-likeness (QED) is 0.585. The van der Waals surface area contributed by atoms with Gasteiger partial charge in [0.15, 0.2) is 4.75 Å². The molecule has 6 heteroatoms. The molecule has 1 saturated carbocycles. The molecule has 0 aliphatic heterocycles. The Kier molecular flexibility index (Phi) is 5.06. The molecule has 1 fully saturated rings. The van der Waals surface area contributed by atoms with Crippen LogP contribution in [0.4, 0.5) is 5.69 Å². The first-order chi connectivity index (χ1) is 13.5. The number of amides is 1. The molecule has 5 atom stereocenters. The molecule has 0 spiro atoms. The van der Waals surface area contributed by atoms with E-state index in [1.54, 1.807) is 31.4 Å². The van der Waals surface area contributed by atoms with Gasteiger partial charge in [-0.05, 0) is 55.7 Å². The summed E-state index contributed by atoms with van der Waals surface area (Å²) in [5.41, 5.74) is 1.78. The van der Waals surface area contributed by atoms with Crippen LogP contribution in [-0.4, -0.2) is 27.3 Å². The predicted octanol–water partition coefficient (Wildman–Crippen LogP) is 4.30. The lowest BCUT2D eigenvalue weighted by Gasteiger charge is -2.36. The van der Waals surface area contributed by atoms with Crippen LogP contribution in [0.3, 0.4) is 0 Å². The molecule has 0 heterocycles. The van der Waals surface area contributed by atoms with E-state index in [1.807, 2.05) is 43.3 Å². The number of aryl methyl sites for hydroxylation is 1. The molecule has 28 heavy (non-hydrogen) atoms. The van der Waals surface area contributed by atoms with Crippen LogP contribution < -0.4 is 10.1 Å². The summed E-state index contributed by atoms with van der Waals surface area (Å²) in [5, 5.41) is 2.43. The summed E-state index contributed by atoms with van der Waals surface area (Å²) in [4.78, 5) is 14.1. The summed E-state index contributed by atoms with van der Waals surface area (Å²) in [5.74, 6) is 0.280. The van der Waals surface area contributed by atoms with Crippen LogP contribution in [0.5, 0.6) is 5.75 Å². The van der Waals surface area contributed by atoms with E-state index in [2.05, 4.69) is 5.32 Å². The molecule has 2 bridgehead atoms. The Balaban J connectivity index is 1.72. The molecule has 2 aromatic rings. The molecular formula is C22H22ClNO3S. The van der Waals surface area contributed by atoms with Gasteiger partial charge in [-0.2, -0.15) is 0 Å². The molecule has 0 saturated heterocycles. The van der Waals surface area contributed by atoms with Gasteiger partial charge in [0.05, 0.1) is 23.3 Å². The first-order valence-electron chi connectivity index (χ1n) is 9.23. The lowest BCUT2D eigenvalue weighted by atomic mass is 9.90. The van der Waals surface area contributed by atoms with Crippen molar-refractivity contribution in [3.8, 4) is 5.75 Å². The molecule has 4 rings (SSSR count). The number of fused-ring (bicyclic) bond motifs is 2. The van der Waals surface area contributed by atoms with Gasteiger partial charge in [-0.3, -0.25) is 9.00 Å². The van der Waals surface area contributed by atoms with Gasteiger partial charge in [0.2, 0.25) is 5.91 Å². The summed E-state index contributed by atoms with van der Waals surface area (Å²) < 4.78 is 17.7. The van der Waals surface area contributed by atoms with Crippen LogP contribution >= 0.6 is 11.6 Å². The second-order valence-electron chi connectivity index (χ2n) is 7.35. The molecule has 2 aliphatic rings. The number of hydrogen-bond acceptors (Lipinski definition) is 3. The van der Waals surface area contributed by atoms with Crippen molar-refractivity contribution in [1.82, 2.24) is 0 Å². The number of ether oxygens (including phenoxy) is 1. The summed E-state index contributed by atoms with van der Waals surface area (Å²) in [6.45, 7) is 1.99. The lowest BCUT2D eigenvalue weighted by molar-refractivity contribution is -0.119. The molecule has 0 aromatic heterocycles. The molecule has 146 valence electrons. The van der Waals surface area contributed by atoms with Crippen molar-refractivity contribution in [2.75, 3.05) is 12.4 Å². The Hall–Kier alpha value is -2.11. The Morgan fingerprint density at radius 2 is 1.82 bits per heavy atom.